The van der Waals surface area contributed by atoms with Crippen molar-refractivity contribution in [2.75, 3.05) is 32.1 Å². The van der Waals surface area contributed by atoms with Gasteiger partial charge in [-0.2, -0.15) is 14.8 Å². The molecule has 1 aromatic heterocycles. The molecule has 3 rings (SSSR count). The van der Waals surface area contributed by atoms with Gasteiger partial charge in [-0.15, -0.1) is 11.3 Å². The lowest BCUT2D eigenvalue weighted by atomic mass is 10.0. The quantitative estimate of drug-likeness (QED) is 0.449. The number of anilines is 1. The first-order chi connectivity index (χ1) is 17.6. The van der Waals surface area contributed by atoms with Crippen LogP contribution < -0.4 is 5.32 Å². The van der Waals surface area contributed by atoms with E-state index in [9.17, 15) is 18.0 Å². The fourth-order valence-corrected chi connectivity index (χ4v) is 6.77. The van der Waals surface area contributed by atoms with Crippen LogP contribution in [-0.2, 0) is 27.7 Å². The van der Waals surface area contributed by atoms with Crippen molar-refractivity contribution in [3.05, 3.63) is 45.8 Å². The van der Waals surface area contributed by atoms with E-state index in [0.29, 0.717) is 29.6 Å². The minimum atomic E-state index is -3.95. The molecule has 1 aliphatic rings. The Balaban J connectivity index is 1.84. The third-order valence-corrected chi connectivity index (χ3v) is 9.18. The number of ether oxygens (including phenoxy) is 1. The number of methoxy groups -OCH3 is 1. The normalized spacial score (nSPS) is 13.6. The second-order valence-electron chi connectivity index (χ2n) is 8.71. The van der Waals surface area contributed by atoms with Crippen molar-refractivity contribution in [2.24, 2.45) is 0 Å². The molecular weight excluding hydrogens is 514 g/mol. The van der Waals surface area contributed by atoms with Crippen molar-refractivity contribution in [3.63, 3.8) is 0 Å². The van der Waals surface area contributed by atoms with Gasteiger partial charge in [-0.1, -0.05) is 0 Å². The number of carbonyl (C=O) groups is 2. The molecule has 0 spiro atoms. The molecule has 196 valence electrons. The molecule has 2 aromatic rings. The molecule has 0 radical (unpaired) electrons. The minimum absolute atomic E-state index is 0.00655. The summed E-state index contributed by atoms with van der Waals surface area (Å²) in [4.78, 5) is 28.9. The largest absolute Gasteiger partial charge is 0.465 e. The predicted molar refractivity (Wildman–Crippen MR) is 139 cm³/mol. The number of rotatable bonds is 10. The van der Waals surface area contributed by atoms with Crippen molar-refractivity contribution >= 4 is 38.2 Å². The van der Waals surface area contributed by atoms with Gasteiger partial charge in [-0.3, -0.25) is 9.69 Å². The average Bonchev–Trinajstić information content (AvgIpc) is 3.25. The Morgan fingerprint density at radius 1 is 1.16 bits per heavy atom. The molecule has 0 saturated heterocycles. The van der Waals surface area contributed by atoms with E-state index in [1.807, 2.05) is 12.1 Å². The van der Waals surface area contributed by atoms with Crippen LogP contribution in [0.3, 0.4) is 0 Å². The zero-order valence-electron chi connectivity index (χ0n) is 21.0. The van der Waals surface area contributed by atoms with Gasteiger partial charge in [0.2, 0.25) is 10.0 Å². The lowest BCUT2D eigenvalue weighted by molar-refractivity contribution is 0.0600. The molecule has 1 amide bonds. The van der Waals surface area contributed by atoms with Crippen LogP contribution in [0.2, 0.25) is 0 Å². The van der Waals surface area contributed by atoms with E-state index in [-0.39, 0.29) is 36.4 Å². The number of nitriles is 2. The Morgan fingerprint density at radius 3 is 2.32 bits per heavy atom. The summed E-state index contributed by atoms with van der Waals surface area (Å²) in [5.41, 5.74) is 1.47. The van der Waals surface area contributed by atoms with Gasteiger partial charge in [0, 0.05) is 55.5 Å². The van der Waals surface area contributed by atoms with E-state index < -0.39 is 21.9 Å². The number of benzene rings is 1. The molecule has 0 bridgehead atoms. The molecule has 37 heavy (non-hydrogen) atoms. The summed E-state index contributed by atoms with van der Waals surface area (Å²) in [5, 5.41) is 20.9. The van der Waals surface area contributed by atoms with E-state index in [0.717, 1.165) is 21.3 Å². The monoisotopic (exact) mass is 543 g/mol. The number of fused-ring (bicyclic) bond motifs is 1. The molecule has 0 atom stereocenters. The first-order valence-electron chi connectivity index (χ1n) is 11.8. The predicted octanol–water partition coefficient (Wildman–Crippen LogP) is 3.37. The molecule has 12 heteroatoms. The number of nitrogens with zero attached hydrogens (tertiary/aromatic N) is 4. The van der Waals surface area contributed by atoms with Crippen molar-refractivity contribution in [3.8, 4) is 12.1 Å². The summed E-state index contributed by atoms with van der Waals surface area (Å²) >= 11 is 1.35. The second-order valence-corrected chi connectivity index (χ2v) is 11.8. The average molecular weight is 544 g/mol. The Labute approximate surface area is 221 Å². The van der Waals surface area contributed by atoms with E-state index >= 15 is 0 Å². The summed E-state index contributed by atoms with van der Waals surface area (Å²) < 4.78 is 32.1. The fraction of sp³-hybridized carbons (Fsp3) is 0.440. The van der Waals surface area contributed by atoms with Crippen LogP contribution in [0, 0.1) is 22.7 Å². The number of sulfonamides is 1. The third kappa shape index (κ3) is 6.35. The smallest absolute Gasteiger partial charge is 0.341 e. The lowest BCUT2D eigenvalue weighted by Crippen LogP contribution is -2.35. The van der Waals surface area contributed by atoms with Crippen molar-refractivity contribution in [1.29, 1.82) is 10.5 Å². The fourth-order valence-electron chi connectivity index (χ4n) is 4.07. The highest BCUT2D eigenvalue weighted by Gasteiger charge is 2.30. The Kier molecular flexibility index (Phi) is 9.40. The standard InChI is InChI=1S/C25H29N5O5S2/c1-17(2)29-15-10-20-21(16-29)36-24(22(20)25(32)35-3)28-23(31)18-6-8-19(9-7-18)37(33,34)30(13-4-11-26)14-5-12-27/h6-9,17H,4-5,10,13-16H2,1-3H3,(H,28,31). The van der Waals surface area contributed by atoms with Crippen LogP contribution in [0.5, 0.6) is 0 Å². The Bertz CT molecular complexity index is 1320. The molecule has 0 fully saturated rings. The molecule has 1 aromatic carbocycles. The summed E-state index contributed by atoms with van der Waals surface area (Å²) in [6, 6.07) is 9.58. The first-order valence-corrected chi connectivity index (χ1v) is 14.0. The van der Waals surface area contributed by atoms with Crippen molar-refractivity contribution in [2.45, 2.75) is 50.6 Å². The molecular formula is C25H29N5O5S2. The van der Waals surface area contributed by atoms with Gasteiger partial charge in [0.15, 0.2) is 0 Å². The Hall–Kier alpha value is -3.29. The van der Waals surface area contributed by atoms with Gasteiger partial charge in [-0.05, 0) is 50.1 Å². The zero-order valence-corrected chi connectivity index (χ0v) is 22.6. The maximum Gasteiger partial charge on any atom is 0.341 e. The summed E-state index contributed by atoms with van der Waals surface area (Å²) in [5.74, 6) is -0.999. The van der Waals surface area contributed by atoms with E-state index in [4.69, 9.17) is 15.3 Å². The molecule has 0 saturated carbocycles. The number of nitrogens with one attached hydrogen (secondary N) is 1. The van der Waals surface area contributed by atoms with Gasteiger partial charge < -0.3 is 10.1 Å². The highest BCUT2D eigenvalue weighted by atomic mass is 32.2. The highest BCUT2D eigenvalue weighted by Crippen LogP contribution is 2.38. The second kappa shape index (κ2) is 12.3. The van der Waals surface area contributed by atoms with E-state index in [1.165, 1.54) is 42.7 Å². The maximum absolute atomic E-state index is 13.0. The highest BCUT2D eigenvalue weighted by molar-refractivity contribution is 7.89. The molecule has 0 unspecified atom stereocenters. The molecule has 10 nitrogen and oxygen atoms in total. The van der Waals surface area contributed by atoms with Crippen LogP contribution in [0.25, 0.3) is 0 Å². The lowest BCUT2D eigenvalue weighted by Gasteiger charge is -2.30. The minimum Gasteiger partial charge on any atom is -0.465 e. The van der Waals surface area contributed by atoms with Gasteiger partial charge in [-0.25, -0.2) is 13.2 Å². The molecule has 2 heterocycles. The molecule has 1 aliphatic heterocycles. The number of esters is 1. The Morgan fingerprint density at radius 2 is 1.78 bits per heavy atom. The molecule has 1 N–H and O–H groups in total. The van der Waals surface area contributed by atoms with Gasteiger partial charge in [0.25, 0.3) is 5.91 Å². The number of carbonyl (C=O) groups excluding carboxylic acids is 2. The number of amides is 1. The SMILES string of the molecule is COC(=O)c1c(NC(=O)c2ccc(S(=O)(=O)N(CCC#N)CCC#N)cc2)sc2c1CCN(C(C)C)C2. The van der Waals surface area contributed by atoms with Crippen molar-refractivity contribution < 1.29 is 22.7 Å². The zero-order chi connectivity index (χ0) is 27.2. The maximum atomic E-state index is 13.0. The summed E-state index contributed by atoms with van der Waals surface area (Å²) in [7, 11) is -2.64. The van der Waals surface area contributed by atoms with E-state index in [2.05, 4.69) is 24.1 Å². The summed E-state index contributed by atoms with van der Waals surface area (Å²) in [6.45, 7) is 5.64. The van der Waals surface area contributed by atoms with Crippen LogP contribution in [0.1, 0.15) is 57.8 Å². The first kappa shape index (κ1) is 28.3. The summed E-state index contributed by atoms with van der Waals surface area (Å²) in [6.07, 6.45) is 0.658. The van der Waals surface area contributed by atoms with Gasteiger partial charge in [0.05, 0.1) is 29.7 Å². The topological polar surface area (TPSA) is 144 Å². The van der Waals surface area contributed by atoms with Crippen molar-refractivity contribution in [1.82, 2.24) is 9.21 Å². The number of thiophene rings is 1. The van der Waals surface area contributed by atoms with Crippen LogP contribution in [0.15, 0.2) is 29.2 Å². The molecule has 0 aliphatic carbocycles. The number of hydrogen-bond donors (Lipinski definition) is 1. The van der Waals surface area contributed by atoms with Gasteiger partial charge in [0.1, 0.15) is 5.00 Å². The number of hydrogen-bond acceptors (Lipinski definition) is 9. The van der Waals surface area contributed by atoms with E-state index in [1.54, 1.807) is 0 Å². The van der Waals surface area contributed by atoms with Crippen LogP contribution in [0.4, 0.5) is 5.00 Å². The van der Waals surface area contributed by atoms with Gasteiger partial charge >= 0.3 is 5.97 Å². The van der Waals surface area contributed by atoms with Crippen LogP contribution >= 0.6 is 11.3 Å². The third-order valence-electron chi connectivity index (χ3n) is 6.13. The van der Waals surface area contributed by atoms with Crippen LogP contribution in [-0.4, -0.2) is 62.3 Å².